The Kier molecular flexibility index (Phi) is 5.33. The summed E-state index contributed by atoms with van der Waals surface area (Å²) in [5.74, 6) is 3.02. The van der Waals surface area contributed by atoms with Crippen LogP contribution in [0, 0.1) is 11.8 Å². The maximum absolute atomic E-state index is 13.3. The molecule has 32 heavy (non-hydrogen) atoms. The summed E-state index contributed by atoms with van der Waals surface area (Å²) in [7, 11) is 3.29. The van der Waals surface area contributed by atoms with Crippen LogP contribution in [-0.2, 0) is 0 Å². The molecular weight excluding hydrogens is 402 g/mol. The molecule has 0 aliphatic carbocycles. The fraction of sp³-hybridized carbons (Fsp3) is 0.423. The molecule has 3 heterocycles. The quantitative estimate of drug-likeness (QED) is 0.631. The van der Waals surface area contributed by atoms with Gasteiger partial charge in [0.25, 0.3) is 5.91 Å². The lowest BCUT2D eigenvalue weighted by Gasteiger charge is -2.18. The molecule has 1 amide bonds. The summed E-state index contributed by atoms with van der Waals surface area (Å²) in [6.07, 6.45) is 0. The van der Waals surface area contributed by atoms with E-state index in [1.807, 2.05) is 35.2 Å². The minimum Gasteiger partial charge on any atom is -0.493 e. The number of likely N-dealkylation sites (tertiary alicyclic amines) is 1. The molecule has 0 saturated carbocycles. The average molecular weight is 434 g/mol. The van der Waals surface area contributed by atoms with Crippen molar-refractivity contribution in [2.45, 2.75) is 19.8 Å². The van der Waals surface area contributed by atoms with Gasteiger partial charge >= 0.3 is 0 Å². The van der Waals surface area contributed by atoms with Crippen molar-refractivity contribution in [3.63, 3.8) is 0 Å². The van der Waals surface area contributed by atoms with Gasteiger partial charge in [-0.05, 0) is 59.7 Å². The van der Waals surface area contributed by atoms with Crippen LogP contribution < -0.4 is 14.8 Å². The van der Waals surface area contributed by atoms with Gasteiger partial charge in [0.2, 0.25) is 0 Å². The fourth-order valence-electron chi connectivity index (χ4n) is 5.37. The van der Waals surface area contributed by atoms with Crippen molar-refractivity contribution in [2.75, 3.05) is 40.4 Å². The molecule has 2 aromatic carbocycles. The van der Waals surface area contributed by atoms with E-state index in [9.17, 15) is 4.79 Å². The number of aromatic amines is 1. The lowest BCUT2D eigenvalue weighted by atomic mass is 9.95. The fourth-order valence-corrected chi connectivity index (χ4v) is 5.37. The topological polar surface area (TPSA) is 66.6 Å². The molecule has 0 spiro atoms. The third-order valence-electron chi connectivity index (χ3n) is 7.01. The molecule has 2 fully saturated rings. The predicted octanol–water partition coefficient (Wildman–Crippen LogP) is 4.27. The Balaban J connectivity index is 1.54. The zero-order chi connectivity index (χ0) is 22.4. The minimum atomic E-state index is 0.143. The Hall–Kier alpha value is -2.99. The Morgan fingerprint density at radius 1 is 1.00 bits per heavy atom. The van der Waals surface area contributed by atoms with Gasteiger partial charge in [-0.1, -0.05) is 13.8 Å². The van der Waals surface area contributed by atoms with Gasteiger partial charge in [0.15, 0.2) is 11.5 Å². The second-order valence-electron chi connectivity index (χ2n) is 9.29. The average Bonchev–Trinajstić information content (AvgIpc) is 3.50. The Bertz CT molecular complexity index is 1150. The molecule has 2 N–H and O–H groups in total. The first-order valence-electron chi connectivity index (χ1n) is 11.4. The van der Waals surface area contributed by atoms with Gasteiger partial charge in [-0.15, -0.1) is 0 Å². The second-order valence-corrected chi connectivity index (χ2v) is 9.29. The van der Waals surface area contributed by atoms with E-state index < -0.39 is 0 Å². The van der Waals surface area contributed by atoms with E-state index in [1.165, 1.54) is 5.56 Å². The van der Waals surface area contributed by atoms with E-state index in [2.05, 4.69) is 30.2 Å². The van der Waals surface area contributed by atoms with Crippen LogP contribution in [0.25, 0.3) is 22.2 Å². The summed E-state index contributed by atoms with van der Waals surface area (Å²) in [4.78, 5) is 18.9. The Labute approximate surface area is 188 Å². The van der Waals surface area contributed by atoms with Crippen LogP contribution in [-0.4, -0.2) is 56.2 Å². The number of ether oxygens (including phenoxy) is 2. The van der Waals surface area contributed by atoms with Crippen LogP contribution in [0.4, 0.5) is 0 Å². The SMILES string of the molecule is COc1ccc(-c2[nH]c3ccc(C(=O)N4CC5CNCC5C4)cc3c2C(C)C)cc1OC. The van der Waals surface area contributed by atoms with Crippen LogP contribution >= 0.6 is 0 Å². The molecule has 168 valence electrons. The number of methoxy groups -OCH3 is 2. The summed E-state index contributed by atoms with van der Waals surface area (Å²) in [5.41, 5.74) is 5.12. The van der Waals surface area contributed by atoms with Crippen molar-refractivity contribution in [3.8, 4) is 22.8 Å². The largest absolute Gasteiger partial charge is 0.493 e. The number of rotatable bonds is 5. The first kappa shape index (κ1) is 20.9. The standard InChI is InChI=1S/C26H31N3O3/c1-15(2)24-20-9-17(26(30)29-13-18-11-27-12-19(18)14-29)5-7-21(20)28-25(24)16-6-8-22(31-3)23(10-16)32-4/h5-10,15,18-19,27-28H,11-14H2,1-4H3. The highest BCUT2D eigenvalue weighted by atomic mass is 16.5. The van der Waals surface area contributed by atoms with E-state index >= 15 is 0 Å². The number of hydrogen-bond acceptors (Lipinski definition) is 4. The summed E-state index contributed by atoms with van der Waals surface area (Å²) in [5, 5.41) is 4.55. The van der Waals surface area contributed by atoms with Crippen molar-refractivity contribution >= 4 is 16.8 Å². The highest BCUT2D eigenvalue weighted by Gasteiger charge is 2.38. The van der Waals surface area contributed by atoms with Gasteiger partial charge in [-0.25, -0.2) is 0 Å². The first-order valence-corrected chi connectivity index (χ1v) is 11.4. The number of H-pyrrole nitrogens is 1. The van der Waals surface area contributed by atoms with Crippen molar-refractivity contribution in [1.82, 2.24) is 15.2 Å². The second kappa shape index (κ2) is 8.17. The van der Waals surface area contributed by atoms with E-state index in [4.69, 9.17) is 9.47 Å². The highest BCUT2D eigenvalue weighted by Crippen LogP contribution is 2.39. The minimum absolute atomic E-state index is 0.143. The van der Waals surface area contributed by atoms with Crippen LogP contribution in [0.1, 0.15) is 35.7 Å². The molecule has 0 radical (unpaired) electrons. The maximum atomic E-state index is 13.3. The zero-order valence-corrected chi connectivity index (χ0v) is 19.2. The highest BCUT2D eigenvalue weighted by molar-refractivity contribution is 6.01. The number of carbonyl (C=O) groups is 1. The van der Waals surface area contributed by atoms with E-state index in [-0.39, 0.29) is 11.8 Å². The Morgan fingerprint density at radius 3 is 2.38 bits per heavy atom. The molecule has 6 nitrogen and oxygen atoms in total. The zero-order valence-electron chi connectivity index (χ0n) is 19.2. The van der Waals surface area contributed by atoms with Gasteiger partial charge < -0.3 is 24.7 Å². The van der Waals surface area contributed by atoms with Crippen LogP contribution in [0.15, 0.2) is 36.4 Å². The van der Waals surface area contributed by atoms with Gasteiger partial charge in [0.05, 0.1) is 19.9 Å². The molecule has 3 aromatic rings. The van der Waals surface area contributed by atoms with Crippen LogP contribution in [0.5, 0.6) is 11.5 Å². The molecule has 5 rings (SSSR count). The van der Waals surface area contributed by atoms with E-state index in [0.29, 0.717) is 23.3 Å². The number of amides is 1. The van der Waals surface area contributed by atoms with Crippen molar-refractivity contribution in [1.29, 1.82) is 0 Å². The van der Waals surface area contributed by atoms with Gasteiger partial charge in [0.1, 0.15) is 0 Å². The monoisotopic (exact) mass is 433 g/mol. The number of nitrogens with zero attached hydrogens (tertiary/aromatic N) is 1. The predicted molar refractivity (Wildman–Crippen MR) is 127 cm³/mol. The van der Waals surface area contributed by atoms with Gasteiger partial charge in [-0.2, -0.15) is 0 Å². The van der Waals surface area contributed by atoms with Crippen LogP contribution in [0.3, 0.4) is 0 Å². The lowest BCUT2D eigenvalue weighted by molar-refractivity contribution is 0.0782. The van der Waals surface area contributed by atoms with Crippen molar-refractivity contribution in [2.24, 2.45) is 11.8 Å². The summed E-state index contributed by atoms with van der Waals surface area (Å²) < 4.78 is 10.9. The molecular formula is C26H31N3O3. The third-order valence-corrected chi connectivity index (χ3v) is 7.01. The smallest absolute Gasteiger partial charge is 0.253 e. The number of hydrogen-bond donors (Lipinski definition) is 2. The summed E-state index contributed by atoms with van der Waals surface area (Å²) >= 11 is 0. The molecule has 2 aliphatic rings. The van der Waals surface area contributed by atoms with Gasteiger partial charge in [0, 0.05) is 48.2 Å². The number of nitrogens with one attached hydrogen (secondary N) is 2. The van der Waals surface area contributed by atoms with Crippen molar-refractivity contribution < 1.29 is 14.3 Å². The molecule has 2 atom stereocenters. The summed E-state index contributed by atoms with van der Waals surface area (Å²) in [6, 6.07) is 12.0. The molecule has 6 heteroatoms. The maximum Gasteiger partial charge on any atom is 0.253 e. The van der Waals surface area contributed by atoms with Crippen molar-refractivity contribution in [3.05, 3.63) is 47.5 Å². The molecule has 2 aliphatic heterocycles. The number of aromatic nitrogens is 1. The molecule has 2 unspecified atom stereocenters. The van der Waals surface area contributed by atoms with E-state index in [1.54, 1.807) is 14.2 Å². The molecule has 1 aromatic heterocycles. The number of benzene rings is 2. The number of fused-ring (bicyclic) bond motifs is 2. The first-order chi connectivity index (χ1) is 15.5. The van der Waals surface area contributed by atoms with Gasteiger partial charge in [-0.3, -0.25) is 4.79 Å². The third kappa shape index (κ3) is 3.43. The molecule has 2 saturated heterocycles. The van der Waals surface area contributed by atoms with Crippen LogP contribution in [0.2, 0.25) is 0 Å². The van der Waals surface area contributed by atoms with E-state index in [0.717, 1.165) is 53.9 Å². The Morgan fingerprint density at radius 2 is 1.72 bits per heavy atom. The number of carbonyl (C=O) groups excluding carboxylic acids is 1. The lowest BCUT2D eigenvalue weighted by Crippen LogP contribution is -2.31. The summed E-state index contributed by atoms with van der Waals surface area (Å²) in [6.45, 7) is 8.15. The normalized spacial score (nSPS) is 20.2. The molecule has 0 bridgehead atoms.